The molecule has 0 bridgehead atoms. The van der Waals surface area contributed by atoms with E-state index in [2.05, 4.69) is 5.32 Å². The molecule has 0 spiro atoms. The SMILES string of the molecule is NCC1(N)CC[N]C1. The average molecular weight is 114 g/mol. The maximum atomic E-state index is 5.74. The van der Waals surface area contributed by atoms with Crippen LogP contribution < -0.4 is 16.8 Å². The highest BCUT2D eigenvalue weighted by Gasteiger charge is 2.27. The molecule has 4 N–H and O–H groups in total. The van der Waals surface area contributed by atoms with Crippen LogP contribution in [0.3, 0.4) is 0 Å². The van der Waals surface area contributed by atoms with Gasteiger partial charge in [-0.25, -0.2) is 5.32 Å². The molecule has 1 saturated heterocycles. The third-order valence-electron chi connectivity index (χ3n) is 1.60. The van der Waals surface area contributed by atoms with Crippen molar-refractivity contribution in [1.82, 2.24) is 5.32 Å². The lowest BCUT2D eigenvalue weighted by Gasteiger charge is -2.18. The molecule has 1 radical (unpaired) electrons. The van der Waals surface area contributed by atoms with Crippen LogP contribution in [0.5, 0.6) is 0 Å². The smallest absolute Gasteiger partial charge is 0.0434 e. The molecule has 0 saturated carbocycles. The Morgan fingerprint density at radius 2 is 2.38 bits per heavy atom. The molecule has 0 aromatic heterocycles. The summed E-state index contributed by atoms with van der Waals surface area (Å²) in [6, 6.07) is 0. The first-order valence-electron chi connectivity index (χ1n) is 2.89. The molecule has 1 aliphatic rings. The molecule has 1 aliphatic heterocycles. The highest BCUT2D eigenvalue weighted by Crippen LogP contribution is 2.08. The second kappa shape index (κ2) is 2.01. The van der Waals surface area contributed by atoms with Crippen LogP contribution in [0, 0.1) is 0 Å². The number of rotatable bonds is 1. The van der Waals surface area contributed by atoms with Crippen molar-refractivity contribution in [2.75, 3.05) is 19.6 Å². The van der Waals surface area contributed by atoms with Gasteiger partial charge in [0.15, 0.2) is 0 Å². The van der Waals surface area contributed by atoms with Gasteiger partial charge in [0.05, 0.1) is 0 Å². The lowest BCUT2D eigenvalue weighted by Crippen LogP contribution is -2.47. The minimum absolute atomic E-state index is 0.153. The fourth-order valence-corrected chi connectivity index (χ4v) is 0.849. The van der Waals surface area contributed by atoms with E-state index < -0.39 is 0 Å². The van der Waals surface area contributed by atoms with Gasteiger partial charge in [0.25, 0.3) is 0 Å². The third kappa shape index (κ3) is 0.992. The van der Waals surface area contributed by atoms with Crippen molar-refractivity contribution in [3.8, 4) is 0 Å². The highest BCUT2D eigenvalue weighted by atomic mass is 15.0. The van der Waals surface area contributed by atoms with Gasteiger partial charge in [-0.1, -0.05) is 0 Å². The number of nitrogens with two attached hydrogens (primary N) is 2. The predicted octanol–water partition coefficient (Wildman–Crippen LogP) is -1.35. The van der Waals surface area contributed by atoms with Crippen LogP contribution in [-0.4, -0.2) is 25.2 Å². The Morgan fingerprint density at radius 1 is 1.62 bits per heavy atom. The molecular weight excluding hydrogens is 102 g/mol. The van der Waals surface area contributed by atoms with Crippen LogP contribution in [0.25, 0.3) is 0 Å². The van der Waals surface area contributed by atoms with E-state index in [-0.39, 0.29) is 5.54 Å². The standard InChI is InChI=1S/C5H12N3/c6-3-5(7)1-2-8-4-5/h1-4,6-7H2. The minimum atomic E-state index is -0.153. The zero-order chi connectivity index (χ0) is 6.04. The average Bonchev–Trinajstić information content (AvgIpc) is 2.17. The summed E-state index contributed by atoms with van der Waals surface area (Å²) in [6.07, 6.45) is 0.962. The monoisotopic (exact) mass is 114 g/mol. The Morgan fingerprint density at radius 3 is 2.62 bits per heavy atom. The number of nitrogens with zero attached hydrogens (tertiary/aromatic N) is 1. The summed E-state index contributed by atoms with van der Waals surface area (Å²) in [5.74, 6) is 0. The second-order valence-electron chi connectivity index (χ2n) is 2.42. The van der Waals surface area contributed by atoms with Gasteiger partial charge in [-0.2, -0.15) is 0 Å². The topological polar surface area (TPSA) is 66.1 Å². The molecule has 8 heavy (non-hydrogen) atoms. The van der Waals surface area contributed by atoms with Gasteiger partial charge in [-0.05, 0) is 6.42 Å². The van der Waals surface area contributed by atoms with Gasteiger partial charge < -0.3 is 11.5 Å². The van der Waals surface area contributed by atoms with E-state index in [0.29, 0.717) is 6.54 Å². The first-order chi connectivity index (χ1) is 3.77. The predicted molar refractivity (Wildman–Crippen MR) is 32.5 cm³/mol. The molecule has 47 valence electrons. The Bertz CT molecular complexity index is 75.7. The molecule has 1 fully saturated rings. The summed E-state index contributed by atoms with van der Waals surface area (Å²) in [7, 11) is 0. The van der Waals surface area contributed by atoms with Crippen LogP contribution >= 0.6 is 0 Å². The molecule has 3 heteroatoms. The molecule has 1 rings (SSSR count). The first-order valence-corrected chi connectivity index (χ1v) is 2.89. The van der Waals surface area contributed by atoms with E-state index in [4.69, 9.17) is 11.5 Å². The number of hydrogen-bond donors (Lipinski definition) is 2. The van der Waals surface area contributed by atoms with E-state index >= 15 is 0 Å². The van der Waals surface area contributed by atoms with Gasteiger partial charge in [-0.3, -0.25) is 0 Å². The first kappa shape index (κ1) is 6.01. The van der Waals surface area contributed by atoms with E-state index in [1.807, 2.05) is 0 Å². The van der Waals surface area contributed by atoms with E-state index in [1.54, 1.807) is 0 Å². The Hall–Kier alpha value is -0.120. The van der Waals surface area contributed by atoms with Gasteiger partial charge >= 0.3 is 0 Å². The molecule has 1 atom stereocenters. The van der Waals surface area contributed by atoms with Crippen molar-refractivity contribution in [3.63, 3.8) is 0 Å². The van der Waals surface area contributed by atoms with Crippen molar-refractivity contribution in [1.29, 1.82) is 0 Å². The fraction of sp³-hybridized carbons (Fsp3) is 1.00. The van der Waals surface area contributed by atoms with Gasteiger partial charge in [0.1, 0.15) is 0 Å². The van der Waals surface area contributed by atoms with Crippen molar-refractivity contribution in [3.05, 3.63) is 0 Å². The van der Waals surface area contributed by atoms with E-state index in [0.717, 1.165) is 19.5 Å². The van der Waals surface area contributed by atoms with Crippen LogP contribution in [0.2, 0.25) is 0 Å². The van der Waals surface area contributed by atoms with Crippen LogP contribution in [0.1, 0.15) is 6.42 Å². The maximum absolute atomic E-state index is 5.74. The van der Waals surface area contributed by atoms with Crippen LogP contribution in [0.4, 0.5) is 0 Å². The van der Waals surface area contributed by atoms with Gasteiger partial charge in [0.2, 0.25) is 0 Å². The molecule has 3 nitrogen and oxygen atoms in total. The van der Waals surface area contributed by atoms with Crippen molar-refractivity contribution < 1.29 is 0 Å². The van der Waals surface area contributed by atoms with Gasteiger partial charge in [0, 0.05) is 25.2 Å². The molecule has 0 amide bonds. The Kier molecular flexibility index (Phi) is 1.51. The summed E-state index contributed by atoms with van der Waals surface area (Å²) in [5.41, 5.74) is 11.0. The molecule has 1 heterocycles. The van der Waals surface area contributed by atoms with Crippen molar-refractivity contribution in [2.45, 2.75) is 12.0 Å². The molecule has 1 unspecified atom stereocenters. The normalized spacial score (nSPS) is 38.2. The van der Waals surface area contributed by atoms with Gasteiger partial charge in [-0.15, -0.1) is 0 Å². The Balaban J connectivity index is 2.40. The Labute approximate surface area is 49.4 Å². The lowest BCUT2D eigenvalue weighted by molar-refractivity contribution is 0.479. The maximum Gasteiger partial charge on any atom is 0.0434 e. The fourth-order valence-electron chi connectivity index (χ4n) is 0.849. The third-order valence-corrected chi connectivity index (χ3v) is 1.60. The summed E-state index contributed by atoms with van der Waals surface area (Å²) in [6.45, 7) is 2.22. The van der Waals surface area contributed by atoms with Crippen molar-refractivity contribution in [2.24, 2.45) is 11.5 Å². The summed E-state index contributed by atoms with van der Waals surface area (Å²) >= 11 is 0. The molecule has 0 aliphatic carbocycles. The molecule has 0 aromatic rings. The highest BCUT2D eigenvalue weighted by molar-refractivity contribution is 4.92. The minimum Gasteiger partial charge on any atom is -0.329 e. The molecule has 0 aromatic carbocycles. The summed E-state index contributed by atoms with van der Waals surface area (Å²) < 4.78 is 0. The van der Waals surface area contributed by atoms with Crippen LogP contribution in [0.15, 0.2) is 0 Å². The zero-order valence-electron chi connectivity index (χ0n) is 4.93. The largest absolute Gasteiger partial charge is 0.329 e. The number of hydrogen-bond acceptors (Lipinski definition) is 2. The lowest BCUT2D eigenvalue weighted by atomic mass is 10.0. The molecular formula is C5H12N3. The zero-order valence-corrected chi connectivity index (χ0v) is 4.93. The summed E-state index contributed by atoms with van der Waals surface area (Å²) in [5, 5.41) is 4.10. The quantitative estimate of drug-likeness (QED) is 0.442. The van der Waals surface area contributed by atoms with Crippen LogP contribution in [-0.2, 0) is 0 Å². The van der Waals surface area contributed by atoms with E-state index in [1.165, 1.54) is 0 Å². The second-order valence-corrected chi connectivity index (χ2v) is 2.42. The van der Waals surface area contributed by atoms with Crippen molar-refractivity contribution >= 4 is 0 Å². The summed E-state index contributed by atoms with van der Waals surface area (Å²) in [4.78, 5) is 0. The van der Waals surface area contributed by atoms with E-state index in [9.17, 15) is 0 Å².